The average molecular weight is 433 g/mol. The predicted molar refractivity (Wildman–Crippen MR) is 111 cm³/mol. The molecule has 3 aromatic rings. The van der Waals surface area contributed by atoms with Gasteiger partial charge in [-0.2, -0.15) is 0 Å². The lowest BCUT2D eigenvalue weighted by molar-refractivity contribution is -0.113. The van der Waals surface area contributed by atoms with Crippen molar-refractivity contribution < 1.29 is 18.3 Å². The van der Waals surface area contributed by atoms with Gasteiger partial charge in [0.25, 0.3) is 0 Å². The molecule has 0 atom stereocenters. The molecule has 1 amide bonds. The Bertz CT molecular complexity index is 1020. The van der Waals surface area contributed by atoms with Crippen LogP contribution < -0.4 is 15.9 Å². The SMILES string of the molecule is CC(C)c1ccc(OCc2nnc(SCC(=O)Nc3ccc(F)c(F)c3)n2N)cc1. The number of carbonyl (C=O) groups excluding carboxylic acids is 1. The summed E-state index contributed by atoms with van der Waals surface area (Å²) in [6, 6.07) is 10.9. The second kappa shape index (κ2) is 9.57. The summed E-state index contributed by atoms with van der Waals surface area (Å²) in [5.74, 6) is 5.01. The zero-order chi connectivity index (χ0) is 21.7. The van der Waals surface area contributed by atoms with E-state index in [1.807, 2.05) is 24.3 Å². The standard InChI is InChI=1S/C20H21F2N5O2S/c1-12(2)13-3-6-15(7-4-13)29-10-18-25-26-20(27(18)23)30-11-19(28)24-14-5-8-16(21)17(22)9-14/h3-9,12H,10-11,23H2,1-2H3,(H,24,28). The van der Waals surface area contributed by atoms with Gasteiger partial charge < -0.3 is 15.9 Å². The highest BCUT2D eigenvalue weighted by atomic mass is 32.2. The van der Waals surface area contributed by atoms with Crippen LogP contribution in [0.25, 0.3) is 0 Å². The molecule has 7 nitrogen and oxygen atoms in total. The van der Waals surface area contributed by atoms with Gasteiger partial charge in [0.15, 0.2) is 17.5 Å². The molecule has 158 valence electrons. The molecule has 1 heterocycles. The van der Waals surface area contributed by atoms with E-state index in [4.69, 9.17) is 10.6 Å². The minimum absolute atomic E-state index is 0.0359. The number of amides is 1. The van der Waals surface area contributed by atoms with E-state index in [2.05, 4.69) is 29.4 Å². The number of nitrogens with zero attached hydrogens (tertiary/aromatic N) is 3. The number of aromatic nitrogens is 3. The van der Waals surface area contributed by atoms with Crippen molar-refractivity contribution in [1.29, 1.82) is 0 Å². The summed E-state index contributed by atoms with van der Waals surface area (Å²) < 4.78 is 33.1. The maximum atomic E-state index is 13.2. The quantitative estimate of drug-likeness (QED) is 0.415. The summed E-state index contributed by atoms with van der Waals surface area (Å²) in [5, 5.41) is 10.7. The molecule has 2 aromatic carbocycles. The molecule has 0 unspecified atom stereocenters. The second-order valence-corrected chi connectivity index (χ2v) is 7.69. The van der Waals surface area contributed by atoms with Crippen molar-refractivity contribution in [2.24, 2.45) is 0 Å². The third-order valence-corrected chi connectivity index (χ3v) is 5.13. The number of anilines is 1. The maximum absolute atomic E-state index is 13.2. The minimum Gasteiger partial charge on any atom is -0.486 e. The van der Waals surface area contributed by atoms with Gasteiger partial charge in [-0.3, -0.25) is 4.79 Å². The number of halogens is 2. The van der Waals surface area contributed by atoms with Crippen molar-refractivity contribution in [2.75, 3.05) is 16.9 Å². The topological polar surface area (TPSA) is 95.1 Å². The zero-order valence-corrected chi connectivity index (χ0v) is 17.2. The molecule has 0 saturated heterocycles. The Morgan fingerprint density at radius 3 is 2.57 bits per heavy atom. The average Bonchev–Trinajstić information content (AvgIpc) is 3.07. The first-order chi connectivity index (χ1) is 14.3. The lowest BCUT2D eigenvalue weighted by Gasteiger charge is -2.09. The van der Waals surface area contributed by atoms with Gasteiger partial charge >= 0.3 is 0 Å². The minimum atomic E-state index is -1.04. The summed E-state index contributed by atoms with van der Waals surface area (Å²) in [7, 11) is 0. The lowest BCUT2D eigenvalue weighted by Crippen LogP contribution is -2.18. The van der Waals surface area contributed by atoms with Crippen molar-refractivity contribution in [3.05, 3.63) is 65.5 Å². The Hall–Kier alpha value is -3.14. The van der Waals surface area contributed by atoms with Crippen molar-refractivity contribution in [2.45, 2.75) is 31.5 Å². The summed E-state index contributed by atoms with van der Waals surface area (Å²) in [4.78, 5) is 12.0. The third-order valence-electron chi connectivity index (χ3n) is 4.19. The molecular weight excluding hydrogens is 412 g/mol. The number of nitrogens with two attached hydrogens (primary N) is 1. The Kier molecular flexibility index (Phi) is 6.88. The number of nitrogens with one attached hydrogen (secondary N) is 1. The van der Waals surface area contributed by atoms with Crippen molar-refractivity contribution in [3.8, 4) is 5.75 Å². The van der Waals surface area contributed by atoms with E-state index in [-0.39, 0.29) is 18.0 Å². The number of ether oxygens (including phenoxy) is 1. The van der Waals surface area contributed by atoms with Gasteiger partial charge in [0.2, 0.25) is 11.1 Å². The van der Waals surface area contributed by atoms with Crippen molar-refractivity contribution >= 4 is 23.4 Å². The third kappa shape index (κ3) is 5.47. The fourth-order valence-electron chi connectivity index (χ4n) is 2.50. The van der Waals surface area contributed by atoms with E-state index in [1.54, 1.807) is 0 Å². The Morgan fingerprint density at radius 1 is 1.17 bits per heavy atom. The Balaban J connectivity index is 1.52. The fourth-order valence-corrected chi connectivity index (χ4v) is 3.18. The van der Waals surface area contributed by atoms with E-state index in [0.29, 0.717) is 22.6 Å². The Labute approximate surface area is 176 Å². The molecule has 1 aromatic heterocycles. The number of carbonyl (C=O) groups is 1. The number of rotatable bonds is 8. The molecule has 30 heavy (non-hydrogen) atoms. The molecule has 10 heteroatoms. The molecule has 0 bridgehead atoms. The summed E-state index contributed by atoms with van der Waals surface area (Å²) in [6.45, 7) is 4.35. The monoisotopic (exact) mass is 433 g/mol. The second-order valence-electron chi connectivity index (χ2n) is 6.75. The van der Waals surface area contributed by atoms with Crippen LogP contribution in [0.5, 0.6) is 5.75 Å². The molecule has 3 N–H and O–H groups in total. The largest absolute Gasteiger partial charge is 0.486 e. The van der Waals surface area contributed by atoms with Gasteiger partial charge in [-0.25, -0.2) is 13.5 Å². The first-order valence-electron chi connectivity index (χ1n) is 9.13. The first kappa shape index (κ1) is 21.6. The van der Waals surface area contributed by atoms with Gasteiger partial charge in [0.1, 0.15) is 12.4 Å². The number of nitrogen functional groups attached to an aromatic ring is 1. The molecule has 0 aliphatic heterocycles. The van der Waals surface area contributed by atoms with E-state index in [9.17, 15) is 13.6 Å². The molecule has 0 fully saturated rings. The fraction of sp³-hybridized carbons (Fsp3) is 0.250. The van der Waals surface area contributed by atoms with Gasteiger partial charge in [0.05, 0.1) is 5.75 Å². The molecule has 0 saturated carbocycles. The first-order valence-corrected chi connectivity index (χ1v) is 10.1. The van der Waals surface area contributed by atoms with E-state index in [1.165, 1.54) is 16.3 Å². The van der Waals surface area contributed by atoms with E-state index >= 15 is 0 Å². The van der Waals surface area contributed by atoms with Crippen LogP contribution in [-0.4, -0.2) is 26.5 Å². The number of hydrogen-bond donors (Lipinski definition) is 2. The highest BCUT2D eigenvalue weighted by Crippen LogP contribution is 2.20. The van der Waals surface area contributed by atoms with Crippen molar-refractivity contribution in [1.82, 2.24) is 14.9 Å². The molecule has 0 aliphatic carbocycles. The lowest BCUT2D eigenvalue weighted by atomic mass is 10.0. The smallest absolute Gasteiger partial charge is 0.234 e. The van der Waals surface area contributed by atoms with Crippen molar-refractivity contribution in [3.63, 3.8) is 0 Å². The summed E-state index contributed by atoms with van der Waals surface area (Å²) in [5.41, 5.74) is 1.37. The zero-order valence-electron chi connectivity index (χ0n) is 16.4. The maximum Gasteiger partial charge on any atom is 0.234 e. The van der Waals surface area contributed by atoms with Gasteiger partial charge in [-0.05, 0) is 35.7 Å². The van der Waals surface area contributed by atoms with Gasteiger partial charge in [-0.1, -0.05) is 37.7 Å². The van der Waals surface area contributed by atoms with E-state index < -0.39 is 17.5 Å². The summed E-state index contributed by atoms with van der Waals surface area (Å²) >= 11 is 1.06. The number of hydrogen-bond acceptors (Lipinski definition) is 6. The highest BCUT2D eigenvalue weighted by Gasteiger charge is 2.14. The number of benzene rings is 2. The van der Waals surface area contributed by atoms with Crippen LogP contribution >= 0.6 is 11.8 Å². The van der Waals surface area contributed by atoms with Crippen LogP contribution in [0, 0.1) is 11.6 Å². The molecular formula is C20H21F2N5O2S. The van der Waals surface area contributed by atoms with Crippen LogP contribution in [0.1, 0.15) is 31.2 Å². The van der Waals surface area contributed by atoms with Gasteiger partial charge in [0, 0.05) is 11.8 Å². The Morgan fingerprint density at radius 2 is 1.90 bits per heavy atom. The van der Waals surface area contributed by atoms with Gasteiger partial charge in [-0.15, -0.1) is 10.2 Å². The molecule has 0 aliphatic rings. The van der Waals surface area contributed by atoms with Crippen LogP contribution in [0.3, 0.4) is 0 Å². The van der Waals surface area contributed by atoms with Crippen LogP contribution in [0.4, 0.5) is 14.5 Å². The normalized spacial score (nSPS) is 11.0. The van der Waals surface area contributed by atoms with Crippen LogP contribution in [-0.2, 0) is 11.4 Å². The number of thioether (sulfide) groups is 1. The molecule has 0 spiro atoms. The predicted octanol–water partition coefficient (Wildman–Crippen LogP) is 3.70. The van der Waals surface area contributed by atoms with Crippen LogP contribution in [0.2, 0.25) is 0 Å². The molecule has 0 radical (unpaired) electrons. The summed E-state index contributed by atoms with van der Waals surface area (Å²) in [6.07, 6.45) is 0. The highest BCUT2D eigenvalue weighted by molar-refractivity contribution is 7.99. The van der Waals surface area contributed by atoms with Crippen LogP contribution in [0.15, 0.2) is 47.6 Å². The molecule has 3 rings (SSSR count). The van der Waals surface area contributed by atoms with E-state index in [0.717, 1.165) is 23.9 Å².